The van der Waals surface area contributed by atoms with Crippen molar-refractivity contribution in [1.29, 1.82) is 0 Å². The highest BCUT2D eigenvalue weighted by Gasteiger charge is 2.07. The third-order valence-electron chi connectivity index (χ3n) is 2.40. The van der Waals surface area contributed by atoms with Gasteiger partial charge in [-0.3, -0.25) is 10.3 Å². The van der Waals surface area contributed by atoms with Crippen LogP contribution < -0.4 is 5.48 Å². The topological polar surface area (TPSA) is 33.6 Å². The molecular weight excluding hydrogens is 271 g/mol. The molecule has 0 unspecified atom stereocenters. The molecule has 0 aromatic heterocycles. The zero-order valence-corrected chi connectivity index (χ0v) is 12.2. The van der Waals surface area contributed by atoms with Crippen molar-refractivity contribution in [3.63, 3.8) is 0 Å². The monoisotopic (exact) mass is 288 g/mol. The van der Waals surface area contributed by atoms with Crippen LogP contribution in [0.2, 0.25) is 10.0 Å². The van der Waals surface area contributed by atoms with Crippen LogP contribution in [0.4, 0.5) is 5.69 Å². The average molecular weight is 289 g/mol. The lowest BCUT2D eigenvalue weighted by Gasteiger charge is -2.07. The van der Waals surface area contributed by atoms with E-state index in [0.717, 1.165) is 24.8 Å². The third-order valence-corrected chi connectivity index (χ3v) is 3.07. The van der Waals surface area contributed by atoms with Gasteiger partial charge in [-0.15, -0.1) is 0 Å². The Labute approximate surface area is 118 Å². The third kappa shape index (κ3) is 4.84. The fourth-order valence-electron chi connectivity index (χ4n) is 1.48. The second kappa shape index (κ2) is 8.35. The van der Waals surface area contributed by atoms with Gasteiger partial charge in [-0.2, -0.15) is 0 Å². The molecule has 0 radical (unpaired) electrons. The minimum absolute atomic E-state index is 0.573. The standard InChI is InChI=1S/C13H18Cl2N2O/c1-3-5-6-11-12(14)7-10(8-13(11)15)16-9-17-18-4-2/h7-9H,3-6H2,1-2H3,(H,16,17). The highest BCUT2D eigenvalue weighted by molar-refractivity contribution is 6.36. The minimum Gasteiger partial charge on any atom is -0.276 e. The number of hydroxylamine groups is 1. The van der Waals surface area contributed by atoms with E-state index < -0.39 is 0 Å². The SMILES string of the molecule is CCCCc1c(Cl)cc(N=CNOCC)cc1Cl. The Morgan fingerprint density at radius 3 is 2.50 bits per heavy atom. The van der Waals surface area contributed by atoms with Gasteiger partial charge in [-0.25, -0.2) is 4.99 Å². The molecular formula is C13H18Cl2N2O. The van der Waals surface area contributed by atoms with Crippen molar-refractivity contribution in [2.24, 2.45) is 4.99 Å². The molecule has 0 spiro atoms. The summed E-state index contributed by atoms with van der Waals surface area (Å²) in [6.07, 6.45) is 4.56. The number of hydrogen-bond acceptors (Lipinski definition) is 2. The molecule has 5 heteroatoms. The molecule has 0 aliphatic carbocycles. The quantitative estimate of drug-likeness (QED) is 0.346. The average Bonchev–Trinajstić information content (AvgIpc) is 2.34. The second-order valence-corrected chi connectivity index (χ2v) is 4.61. The van der Waals surface area contributed by atoms with E-state index >= 15 is 0 Å². The first-order valence-electron chi connectivity index (χ1n) is 6.06. The summed E-state index contributed by atoms with van der Waals surface area (Å²) in [5.41, 5.74) is 4.30. The molecule has 0 saturated heterocycles. The maximum absolute atomic E-state index is 6.20. The Hall–Kier alpha value is -0.770. The molecule has 0 amide bonds. The lowest BCUT2D eigenvalue weighted by Crippen LogP contribution is -2.10. The van der Waals surface area contributed by atoms with Crippen LogP contribution in [0.15, 0.2) is 17.1 Å². The fraction of sp³-hybridized carbons (Fsp3) is 0.462. The van der Waals surface area contributed by atoms with Gasteiger partial charge < -0.3 is 0 Å². The van der Waals surface area contributed by atoms with Crippen LogP contribution in [0, 0.1) is 0 Å². The van der Waals surface area contributed by atoms with E-state index in [1.807, 2.05) is 19.1 Å². The highest BCUT2D eigenvalue weighted by atomic mass is 35.5. The van der Waals surface area contributed by atoms with Crippen molar-refractivity contribution in [1.82, 2.24) is 5.48 Å². The molecule has 0 aliphatic heterocycles. The van der Waals surface area contributed by atoms with Crippen LogP contribution in [0.5, 0.6) is 0 Å². The van der Waals surface area contributed by atoms with E-state index in [1.54, 1.807) is 0 Å². The second-order valence-electron chi connectivity index (χ2n) is 3.80. The maximum Gasteiger partial charge on any atom is 0.113 e. The van der Waals surface area contributed by atoms with Crippen molar-refractivity contribution < 1.29 is 4.84 Å². The van der Waals surface area contributed by atoms with E-state index in [0.29, 0.717) is 22.3 Å². The van der Waals surface area contributed by atoms with Gasteiger partial charge in [0.1, 0.15) is 6.34 Å². The molecule has 1 N–H and O–H groups in total. The van der Waals surface area contributed by atoms with Gasteiger partial charge in [0.05, 0.1) is 12.3 Å². The van der Waals surface area contributed by atoms with Gasteiger partial charge in [-0.1, -0.05) is 36.5 Å². The zero-order valence-electron chi connectivity index (χ0n) is 10.7. The van der Waals surface area contributed by atoms with Crippen molar-refractivity contribution in [3.8, 4) is 0 Å². The molecule has 0 saturated carbocycles. The van der Waals surface area contributed by atoms with E-state index in [-0.39, 0.29) is 0 Å². The van der Waals surface area contributed by atoms with Crippen molar-refractivity contribution in [2.45, 2.75) is 33.1 Å². The van der Waals surface area contributed by atoms with Gasteiger partial charge in [0.2, 0.25) is 0 Å². The van der Waals surface area contributed by atoms with Crippen LogP contribution in [-0.2, 0) is 11.3 Å². The Morgan fingerprint density at radius 1 is 1.28 bits per heavy atom. The predicted molar refractivity (Wildman–Crippen MR) is 78.0 cm³/mol. The van der Waals surface area contributed by atoms with E-state index in [9.17, 15) is 0 Å². The Kier molecular flexibility index (Phi) is 7.09. The van der Waals surface area contributed by atoms with Gasteiger partial charge in [0.15, 0.2) is 0 Å². The van der Waals surface area contributed by atoms with E-state index in [2.05, 4.69) is 17.4 Å². The van der Waals surface area contributed by atoms with Gasteiger partial charge in [0, 0.05) is 10.0 Å². The summed E-state index contributed by atoms with van der Waals surface area (Å²) in [4.78, 5) is 9.08. The number of hydrogen-bond donors (Lipinski definition) is 1. The summed E-state index contributed by atoms with van der Waals surface area (Å²) in [5.74, 6) is 0. The van der Waals surface area contributed by atoms with Crippen molar-refractivity contribution >= 4 is 35.2 Å². The Bertz CT molecular complexity index is 385. The lowest BCUT2D eigenvalue weighted by molar-refractivity contribution is 0.100. The van der Waals surface area contributed by atoms with Crippen LogP contribution in [0.1, 0.15) is 32.3 Å². The molecule has 0 fully saturated rings. The molecule has 1 aromatic rings. The van der Waals surface area contributed by atoms with E-state index in [1.165, 1.54) is 6.34 Å². The van der Waals surface area contributed by atoms with Crippen molar-refractivity contribution in [3.05, 3.63) is 27.7 Å². The smallest absolute Gasteiger partial charge is 0.113 e. The summed E-state index contributed by atoms with van der Waals surface area (Å²) < 4.78 is 0. The minimum atomic E-state index is 0.573. The summed E-state index contributed by atoms with van der Waals surface area (Å²) in [6, 6.07) is 3.62. The number of nitrogens with one attached hydrogen (secondary N) is 1. The number of benzene rings is 1. The number of rotatable bonds is 7. The molecule has 0 heterocycles. The molecule has 1 aromatic carbocycles. The van der Waals surface area contributed by atoms with Gasteiger partial charge in [-0.05, 0) is 37.5 Å². The Balaban J connectivity index is 2.75. The van der Waals surface area contributed by atoms with Crippen LogP contribution in [0.3, 0.4) is 0 Å². The number of halogens is 2. The largest absolute Gasteiger partial charge is 0.276 e. The zero-order chi connectivity index (χ0) is 13.4. The molecule has 0 bridgehead atoms. The molecule has 3 nitrogen and oxygen atoms in total. The first kappa shape index (κ1) is 15.3. The first-order chi connectivity index (χ1) is 8.69. The molecule has 18 heavy (non-hydrogen) atoms. The lowest BCUT2D eigenvalue weighted by atomic mass is 10.1. The van der Waals surface area contributed by atoms with Crippen LogP contribution in [0.25, 0.3) is 0 Å². The van der Waals surface area contributed by atoms with Gasteiger partial charge in [0.25, 0.3) is 0 Å². The number of unbranched alkanes of at least 4 members (excludes halogenated alkanes) is 1. The summed E-state index contributed by atoms with van der Waals surface area (Å²) in [7, 11) is 0. The normalized spacial score (nSPS) is 11.1. The van der Waals surface area contributed by atoms with Crippen LogP contribution >= 0.6 is 23.2 Å². The molecule has 0 atom stereocenters. The van der Waals surface area contributed by atoms with Gasteiger partial charge >= 0.3 is 0 Å². The fourth-order valence-corrected chi connectivity index (χ4v) is 2.14. The molecule has 100 valence electrons. The predicted octanol–water partition coefficient (Wildman–Crippen LogP) is 4.54. The number of nitrogens with zero attached hydrogens (tertiary/aromatic N) is 1. The number of aliphatic imine (C=N–C) groups is 1. The molecule has 1 rings (SSSR count). The first-order valence-corrected chi connectivity index (χ1v) is 6.82. The highest BCUT2D eigenvalue weighted by Crippen LogP contribution is 2.31. The van der Waals surface area contributed by atoms with Crippen LogP contribution in [-0.4, -0.2) is 12.9 Å². The molecule has 0 aliphatic rings. The maximum atomic E-state index is 6.20. The summed E-state index contributed by atoms with van der Waals surface area (Å²) >= 11 is 12.4. The van der Waals surface area contributed by atoms with Crippen molar-refractivity contribution in [2.75, 3.05) is 6.61 Å². The summed E-state index contributed by atoms with van der Waals surface area (Å²) in [6.45, 7) is 4.60. The summed E-state index contributed by atoms with van der Waals surface area (Å²) in [5, 5.41) is 1.33. The Morgan fingerprint density at radius 2 is 1.94 bits per heavy atom. The van der Waals surface area contributed by atoms with E-state index in [4.69, 9.17) is 28.0 Å².